The summed E-state index contributed by atoms with van der Waals surface area (Å²) < 4.78 is 6.92. The highest BCUT2D eigenvalue weighted by Crippen LogP contribution is 2.33. The zero-order valence-corrected chi connectivity index (χ0v) is 11.3. The van der Waals surface area contributed by atoms with E-state index in [9.17, 15) is 9.59 Å². The Morgan fingerprint density at radius 3 is 2.76 bits per heavy atom. The minimum absolute atomic E-state index is 0.0538. The van der Waals surface area contributed by atoms with E-state index < -0.39 is 12.1 Å². The van der Waals surface area contributed by atoms with Gasteiger partial charge in [0, 0.05) is 13.2 Å². The summed E-state index contributed by atoms with van der Waals surface area (Å²) in [6.07, 6.45) is 0.571. The second-order valence-electron chi connectivity index (χ2n) is 4.70. The normalized spacial score (nSPS) is 17.0. The summed E-state index contributed by atoms with van der Waals surface area (Å²) in [4.78, 5) is 25.1. The highest BCUT2D eigenvalue weighted by molar-refractivity contribution is 6.06. The minimum atomic E-state index is -1.11. The van der Waals surface area contributed by atoms with E-state index in [2.05, 4.69) is 5.10 Å². The molecule has 0 radical (unpaired) electrons. The maximum Gasteiger partial charge on any atom is 0.346 e. The van der Waals surface area contributed by atoms with Crippen molar-refractivity contribution in [2.24, 2.45) is 7.05 Å². The molecule has 1 aromatic carbocycles. The van der Waals surface area contributed by atoms with Crippen molar-refractivity contribution in [2.75, 3.05) is 11.4 Å². The molecule has 1 aliphatic rings. The smallest absolute Gasteiger partial charge is 0.346 e. The number of hydrogen-bond donors (Lipinski definition) is 1. The Labute approximate surface area is 120 Å². The monoisotopic (exact) mass is 287 g/mol. The second-order valence-corrected chi connectivity index (χ2v) is 4.70. The van der Waals surface area contributed by atoms with Gasteiger partial charge >= 0.3 is 5.97 Å². The lowest BCUT2D eigenvalue weighted by Crippen LogP contribution is -2.47. The van der Waals surface area contributed by atoms with E-state index in [0.29, 0.717) is 11.4 Å². The lowest BCUT2D eigenvalue weighted by atomic mass is 10.1. The van der Waals surface area contributed by atoms with Crippen LogP contribution in [0.4, 0.5) is 5.69 Å². The SMILES string of the molecule is Cn1ccc(C(=O)N2CC(C(=O)O)Oc3ccccc32)n1. The largest absolute Gasteiger partial charge is 0.478 e. The number of carboxylic acid groups (broad SMARTS) is 1. The molecule has 0 fully saturated rings. The van der Waals surface area contributed by atoms with Crippen molar-refractivity contribution in [3.63, 3.8) is 0 Å². The molecule has 0 aliphatic carbocycles. The van der Waals surface area contributed by atoms with Crippen molar-refractivity contribution >= 4 is 17.6 Å². The molecule has 3 rings (SSSR count). The maximum absolute atomic E-state index is 12.5. The van der Waals surface area contributed by atoms with E-state index in [1.54, 1.807) is 43.6 Å². The van der Waals surface area contributed by atoms with Crippen LogP contribution in [-0.2, 0) is 11.8 Å². The molecule has 7 nitrogen and oxygen atoms in total. The molecule has 0 saturated heterocycles. The Bertz CT molecular complexity index is 710. The molecule has 2 aromatic rings. The van der Waals surface area contributed by atoms with Gasteiger partial charge in [-0.15, -0.1) is 0 Å². The molecular formula is C14H13N3O4. The first-order valence-corrected chi connectivity index (χ1v) is 6.36. The summed E-state index contributed by atoms with van der Waals surface area (Å²) in [5.74, 6) is -1.08. The fraction of sp³-hybridized carbons (Fsp3) is 0.214. The van der Waals surface area contributed by atoms with Crippen LogP contribution in [0.15, 0.2) is 36.5 Å². The molecule has 0 saturated carbocycles. The van der Waals surface area contributed by atoms with Crippen LogP contribution in [0.5, 0.6) is 5.75 Å². The highest BCUT2D eigenvalue weighted by atomic mass is 16.5. The Balaban J connectivity index is 2.00. The summed E-state index contributed by atoms with van der Waals surface area (Å²) in [6, 6.07) is 8.45. The molecule has 1 amide bonds. The Morgan fingerprint density at radius 1 is 1.33 bits per heavy atom. The molecule has 7 heteroatoms. The third-order valence-electron chi connectivity index (χ3n) is 3.23. The summed E-state index contributed by atoms with van der Waals surface area (Å²) >= 11 is 0. The van der Waals surface area contributed by atoms with Gasteiger partial charge in [-0.3, -0.25) is 14.4 Å². The van der Waals surface area contributed by atoms with Crippen molar-refractivity contribution in [3.8, 4) is 5.75 Å². The number of aryl methyl sites for hydroxylation is 1. The topological polar surface area (TPSA) is 84.7 Å². The number of aromatic nitrogens is 2. The number of nitrogens with zero attached hydrogens (tertiary/aromatic N) is 3. The molecule has 1 unspecified atom stereocenters. The van der Waals surface area contributed by atoms with E-state index in [1.807, 2.05) is 0 Å². The predicted octanol–water partition coefficient (Wildman–Crippen LogP) is 0.912. The van der Waals surface area contributed by atoms with Crippen molar-refractivity contribution in [1.29, 1.82) is 0 Å². The molecule has 0 spiro atoms. The fourth-order valence-corrected chi connectivity index (χ4v) is 2.22. The number of rotatable bonds is 2. The fourth-order valence-electron chi connectivity index (χ4n) is 2.22. The minimum Gasteiger partial charge on any atom is -0.478 e. The van der Waals surface area contributed by atoms with Crippen LogP contribution < -0.4 is 9.64 Å². The van der Waals surface area contributed by atoms with E-state index >= 15 is 0 Å². The summed E-state index contributed by atoms with van der Waals surface area (Å²) in [6.45, 7) is -0.0538. The van der Waals surface area contributed by atoms with E-state index in [-0.39, 0.29) is 18.1 Å². The second kappa shape index (κ2) is 4.93. The van der Waals surface area contributed by atoms with E-state index in [1.165, 1.54) is 9.58 Å². The Kier molecular flexibility index (Phi) is 3.09. The number of fused-ring (bicyclic) bond motifs is 1. The average Bonchev–Trinajstić information content (AvgIpc) is 2.92. The summed E-state index contributed by atoms with van der Waals surface area (Å²) in [5, 5.41) is 13.2. The van der Waals surface area contributed by atoms with Crippen molar-refractivity contribution in [3.05, 3.63) is 42.2 Å². The van der Waals surface area contributed by atoms with Gasteiger partial charge in [-0.05, 0) is 18.2 Å². The third kappa shape index (κ3) is 2.33. The lowest BCUT2D eigenvalue weighted by Gasteiger charge is -2.32. The molecule has 0 bridgehead atoms. The molecule has 2 heterocycles. The molecule has 1 atom stereocenters. The zero-order chi connectivity index (χ0) is 15.0. The van der Waals surface area contributed by atoms with E-state index in [0.717, 1.165) is 0 Å². The van der Waals surface area contributed by atoms with Crippen LogP contribution in [0.3, 0.4) is 0 Å². The summed E-state index contributed by atoms with van der Waals surface area (Å²) in [5.41, 5.74) is 0.809. The zero-order valence-electron chi connectivity index (χ0n) is 11.3. The first-order valence-electron chi connectivity index (χ1n) is 6.36. The first kappa shape index (κ1) is 13.2. The Hall–Kier alpha value is -2.83. The lowest BCUT2D eigenvalue weighted by molar-refractivity contribution is -0.144. The van der Waals surface area contributed by atoms with Gasteiger partial charge in [-0.2, -0.15) is 5.10 Å². The molecule has 1 N–H and O–H groups in total. The number of para-hydroxylation sites is 2. The van der Waals surface area contributed by atoms with Crippen LogP contribution in [0.1, 0.15) is 10.5 Å². The number of amides is 1. The van der Waals surface area contributed by atoms with Gasteiger partial charge in [0.05, 0.1) is 12.2 Å². The number of carbonyl (C=O) groups excluding carboxylic acids is 1. The molecule has 108 valence electrons. The molecular weight excluding hydrogens is 274 g/mol. The molecule has 21 heavy (non-hydrogen) atoms. The highest BCUT2D eigenvalue weighted by Gasteiger charge is 2.34. The number of hydrogen-bond acceptors (Lipinski definition) is 4. The van der Waals surface area contributed by atoms with Crippen LogP contribution in [-0.4, -0.2) is 39.4 Å². The van der Waals surface area contributed by atoms with Gasteiger partial charge in [0.1, 0.15) is 5.75 Å². The van der Waals surface area contributed by atoms with Crippen molar-refractivity contribution in [2.45, 2.75) is 6.10 Å². The van der Waals surface area contributed by atoms with Crippen LogP contribution >= 0.6 is 0 Å². The number of benzene rings is 1. The van der Waals surface area contributed by atoms with Gasteiger partial charge in [-0.1, -0.05) is 12.1 Å². The van der Waals surface area contributed by atoms with Gasteiger partial charge < -0.3 is 9.84 Å². The number of anilines is 1. The number of carboxylic acids is 1. The summed E-state index contributed by atoms with van der Waals surface area (Å²) in [7, 11) is 1.71. The van der Waals surface area contributed by atoms with E-state index in [4.69, 9.17) is 9.84 Å². The quantitative estimate of drug-likeness (QED) is 0.887. The Morgan fingerprint density at radius 2 is 2.10 bits per heavy atom. The number of aliphatic carboxylic acids is 1. The van der Waals surface area contributed by atoms with Gasteiger partial charge in [0.15, 0.2) is 5.69 Å². The first-order chi connectivity index (χ1) is 10.1. The molecule has 1 aromatic heterocycles. The van der Waals surface area contributed by atoms with Gasteiger partial charge in [0.25, 0.3) is 5.91 Å². The standard InChI is InChI=1S/C14H13N3O4/c1-16-7-6-9(15-16)13(18)17-8-12(14(19)20)21-11-5-3-2-4-10(11)17/h2-7,12H,8H2,1H3,(H,19,20). The van der Waals surface area contributed by atoms with Gasteiger partial charge in [0.2, 0.25) is 6.10 Å². The van der Waals surface area contributed by atoms with Gasteiger partial charge in [-0.25, -0.2) is 4.79 Å². The average molecular weight is 287 g/mol. The van der Waals surface area contributed by atoms with Crippen LogP contribution in [0.2, 0.25) is 0 Å². The third-order valence-corrected chi connectivity index (χ3v) is 3.23. The van der Waals surface area contributed by atoms with Crippen molar-refractivity contribution < 1.29 is 19.4 Å². The van der Waals surface area contributed by atoms with Crippen LogP contribution in [0.25, 0.3) is 0 Å². The number of carbonyl (C=O) groups is 2. The maximum atomic E-state index is 12.5. The molecule has 1 aliphatic heterocycles. The number of ether oxygens (including phenoxy) is 1. The van der Waals surface area contributed by atoms with Crippen LogP contribution in [0, 0.1) is 0 Å². The predicted molar refractivity (Wildman–Crippen MR) is 73.4 cm³/mol. The van der Waals surface area contributed by atoms with Crippen molar-refractivity contribution in [1.82, 2.24) is 9.78 Å².